The standard InChI is InChI=1S/C9H17N3/c1-2-5-11-7-8-12(9-11)6-3-4-10/h2,7-8H,1,3-6,9-10H2. The fraction of sp³-hybridized carbons (Fsp3) is 0.556. The number of nitrogens with zero attached hydrogens (tertiary/aromatic N) is 2. The van der Waals surface area contributed by atoms with Gasteiger partial charge in [-0.25, -0.2) is 0 Å². The molecule has 68 valence electrons. The van der Waals surface area contributed by atoms with E-state index in [1.165, 1.54) is 0 Å². The molecule has 0 amide bonds. The van der Waals surface area contributed by atoms with E-state index in [1.54, 1.807) is 0 Å². The van der Waals surface area contributed by atoms with Gasteiger partial charge in [-0.2, -0.15) is 0 Å². The van der Waals surface area contributed by atoms with Crippen LogP contribution in [-0.2, 0) is 0 Å². The molecular weight excluding hydrogens is 150 g/mol. The van der Waals surface area contributed by atoms with Crippen molar-refractivity contribution in [3.8, 4) is 0 Å². The van der Waals surface area contributed by atoms with Gasteiger partial charge in [-0.3, -0.25) is 0 Å². The molecule has 1 heterocycles. The number of hydrogen-bond acceptors (Lipinski definition) is 3. The maximum Gasteiger partial charge on any atom is 0.0896 e. The van der Waals surface area contributed by atoms with E-state index >= 15 is 0 Å². The van der Waals surface area contributed by atoms with Crippen molar-refractivity contribution >= 4 is 0 Å². The molecule has 0 fully saturated rings. The minimum Gasteiger partial charge on any atom is -0.359 e. The van der Waals surface area contributed by atoms with Gasteiger partial charge in [-0.05, 0) is 13.0 Å². The van der Waals surface area contributed by atoms with Crippen molar-refractivity contribution in [3.63, 3.8) is 0 Å². The van der Waals surface area contributed by atoms with E-state index in [9.17, 15) is 0 Å². The molecule has 0 radical (unpaired) electrons. The first kappa shape index (κ1) is 9.13. The Balaban J connectivity index is 2.18. The van der Waals surface area contributed by atoms with E-state index in [0.717, 1.165) is 32.7 Å². The van der Waals surface area contributed by atoms with Gasteiger partial charge in [-0.1, -0.05) is 6.08 Å². The van der Waals surface area contributed by atoms with Gasteiger partial charge in [0.15, 0.2) is 0 Å². The van der Waals surface area contributed by atoms with E-state index < -0.39 is 0 Å². The predicted octanol–water partition coefficient (Wildman–Crippen LogP) is 0.568. The van der Waals surface area contributed by atoms with Gasteiger partial charge >= 0.3 is 0 Å². The van der Waals surface area contributed by atoms with Crippen LogP contribution in [-0.4, -0.2) is 36.1 Å². The molecule has 0 aromatic rings. The SMILES string of the molecule is C=CCN1C=CN(CCCN)C1. The minimum absolute atomic E-state index is 0.770. The van der Waals surface area contributed by atoms with Gasteiger partial charge in [0.05, 0.1) is 6.67 Å². The second-order valence-electron chi connectivity index (χ2n) is 2.95. The Kier molecular flexibility index (Phi) is 3.67. The van der Waals surface area contributed by atoms with Crippen LogP contribution in [0.1, 0.15) is 6.42 Å². The molecule has 1 aliphatic rings. The molecule has 0 atom stereocenters. The van der Waals surface area contributed by atoms with E-state index in [2.05, 4.69) is 28.8 Å². The quantitative estimate of drug-likeness (QED) is 0.607. The number of rotatable bonds is 5. The van der Waals surface area contributed by atoms with Gasteiger partial charge in [0.2, 0.25) is 0 Å². The summed E-state index contributed by atoms with van der Waals surface area (Å²) in [6.45, 7) is 7.43. The summed E-state index contributed by atoms with van der Waals surface area (Å²) < 4.78 is 0. The highest BCUT2D eigenvalue weighted by Gasteiger charge is 2.08. The molecule has 0 aromatic carbocycles. The van der Waals surface area contributed by atoms with Crippen molar-refractivity contribution in [3.05, 3.63) is 25.1 Å². The molecule has 12 heavy (non-hydrogen) atoms. The minimum atomic E-state index is 0.770. The van der Waals surface area contributed by atoms with Gasteiger partial charge < -0.3 is 15.5 Å². The third-order valence-corrected chi connectivity index (χ3v) is 1.86. The van der Waals surface area contributed by atoms with E-state index in [0.29, 0.717) is 0 Å². The lowest BCUT2D eigenvalue weighted by molar-refractivity contribution is 0.280. The fourth-order valence-corrected chi connectivity index (χ4v) is 1.24. The first-order valence-electron chi connectivity index (χ1n) is 4.34. The van der Waals surface area contributed by atoms with Gasteiger partial charge in [0.25, 0.3) is 0 Å². The van der Waals surface area contributed by atoms with E-state index in [-0.39, 0.29) is 0 Å². The molecule has 2 N–H and O–H groups in total. The van der Waals surface area contributed by atoms with Crippen molar-refractivity contribution in [2.45, 2.75) is 6.42 Å². The van der Waals surface area contributed by atoms with Crippen molar-refractivity contribution in [2.24, 2.45) is 5.73 Å². The Morgan fingerprint density at radius 3 is 2.83 bits per heavy atom. The van der Waals surface area contributed by atoms with Crippen molar-refractivity contribution in [1.82, 2.24) is 9.80 Å². The first-order chi connectivity index (χ1) is 5.86. The van der Waals surface area contributed by atoms with Crippen LogP contribution in [0.3, 0.4) is 0 Å². The molecular formula is C9H17N3. The Morgan fingerprint density at radius 1 is 1.42 bits per heavy atom. The summed E-state index contributed by atoms with van der Waals surface area (Å²) in [5.74, 6) is 0. The lowest BCUT2D eigenvalue weighted by atomic mass is 10.4. The highest BCUT2D eigenvalue weighted by Crippen LogP contribution is 2.05. The van der Waals surface area contributed by atoms with Crippen LogP contribution in [0.5, 0.6) is 0 Å². The van der Waals surface area contributed by atoms with Crippen molar-refractivity contribution < 1.29 is 0 Å². The van der Waals surface area contributed by atoms with Crippen LogP contribution in [0.25, 0.3) is 0 Å². The topological polar surface area (TPSA) is 32.5 Å². The summed E-state index contributed by atoms with van der Waals surface area (Å²) in [4.78, 5) is 4.47. The van der Waals surface area contributed by atoms with Crippen LogP contribution in [0.2, 0.25) is 0 Å². The fourth-order valence-electron chi connectivity index (χ4n) is 1.24. The highest BCUT2D eigenvalue weighted by atomic mass is 15.3. The smallest absolute Gasteiger partial charge is 0.0896 e. The lowest BCUT2D eigenvalue weighted by Gasteiger charge is -2.19. The summed E-state index contributed by atoms with van der Waals surface area (Å²) in [6.07, 6.45) is 7.18. The van der Waals surface area contributed by atoms with Crippen molar-refractivity contribution in [2.75, 3.05) is 26.3 Å². The molecule has 1 rings (SSSR count). The molecule has 0 aliphatic carbocycles. The summed E-state index contributed by atoms with van der Waals surface area (Å²) in [7, 11) is 0. The zero-order valence-electron chi connectivity index (χ0n) is 7.45. The Hall–Kier alpha value is -0.960. The van der Waals surface area contributed by atoms with Crippen LogP contribution >= 0.6 is 0 Å². The maximum atomic E-state index is 5.42. The van der Waals surface area contributed by atoms with Crippen LogP contribution < -0.4 is 5.73 Å². The normalized spacial score (nSPS) is 15.8. The molecule has 0 bridgehead atoms. The third kappa shape index (κ3) is 2.58. The van der Waals surface area contributed by atoms with E-state index in [4.69, 9.17) is 5.73 Å². The maximum absolute atomic E-state index is 5.42. The third-order valence-electron chi connectivity index (χ3n) is 1.86. The largest absolute Gasteiger partial charge is 0.359 e. The Bertz CT molecular complexity index is 165. The molecule has 0 spiro atoms. The summed E-state index contributed by atoms with van der Waals surface area (Å²) >= 11 is 0. The summed E-state index contributed by atoms with van der Waals surface area (Å²) in [5.41, 5.74) is 5.42. The van der Waals surface area contributed by atoms with Crippen molar-refractivity contribution in [1.29, 1.82) is 0 Å². The van der Waals surface area contributed by atoms with Crippen LogP contribution in [0.15, 0.2) is 25.1 Å². The summed E-state index contributed by atoms with van der Waals surface area (Å²) in [5, 5.41) is 0. The lowest BCUT2D eigenvalue weighted by Crippen LogP contribution is -2.27. The van der Waals surface area contributed by atoms with Crippen LogP contribution in [0, 0.1) is 0 Å². The molecule has 1 aliphatic heterocycles. The predicted molar refractivity (Wildman–Crippen MR) is 51.3 cm³/mol. The first-order valence-corrected chi connectivity index (χ1v) is 4.34. The Morgan fingerprint density at radius 2 is 2.17 bits per heavy atom. The molecule has 0 saturated carbocycles. The van der Waals surface area contributed by atoms with Gasteiger partial charge in [0, 0.05) is 25.5 Å². The molecule has 0 unspecified atom stereocenters. The average Bonchev–Trinajstić information content (AvgIpc) is 2.50. The Labute approximate surface area is 74.1 Å². The van der Waals surface area contributed by atoms with Crippen LogP contribution in [0.4, 0.5) is 0 Å². The van der Waals surface area contributed by atoms with E-state index in [1.807, 2.05) is 6.08 Å². The number of hydrogen-bond donors (Lipinski definition) is 1. The highest BCUT2D eigenvalue weighted by molar-refractivity contribution is 4.92. The van der Waals surface area contributed by atoms with Gasteiger partial charge in [0.1, 0.15) is 0 Å². The second-order valence-corrected chi connectivity index (χ2v) is 2.95. The second kappa shape index (κ2) is 4.83. The number of nitrogens with two attached hydrogens (primary N) is 1. The molecule has 3 nitrogen and oxygen atoms in total. The molecule has 0 saturated heterocycles. The molecule has 3 heteroatoms. The molecule has 0 aromatic heterocycles. The van der Waals surface area contributed by atoms with Gasteiger partial charge in [-0.15, -0.1) is 6.58 Å². The monoisotopic (exact) mass is 167 g/mol. The zero-order chi connectivity index (χ0) is 8.81. The zero-order valence-corrected chi connectivity index (χ0v) is 7.45. The summed E-state index contributed by atoms with van der Waals surface area (Å²) in [6, 6.07) is 0. The average molecular weight is 167 g/mol.